The summed E-state index contributed by atoms with van der Waals surface area (Å²) in [5.74, 6) is -2.26. The molecule has 0 aromatic rings. The van der Waals surface area contributed by atoms with E-state index in [0.717, 1.165) is 12.8 Å². The van der Waals surface area contributed by atoms with Gasteiger partial charge in [0.1, 0.15) is 25.9 Å². The van der Waals surface area contributed by atoms with Gasteiger partial charge in [-0.15, -0.1) is 0 Å². The van der Waals surface area contributed by atoms with Gasteiger partial charge >= 0.3 is 23.9 Å². The van der Waals surface area contributed by atoms with Crippen LogP contribution in [0, 0.1) is 21.7 Å². The number of carboxylic acids is 1. The number of hydrogen-bond donors (Lipinski definition) is 2. The molecule has 0 aliphatic carbocycles. The second-order valence-corrected chi connectivity index (χ2v) is 23.5. The highest BCUT2D eigenvalue weighted by molar-refractivity contribution is 5.87. The number of carbonyl (C=O) groups is 5. The normalized spacial score (nSPS) is 11.8. The topological polar surface area (TPSA) is 253 Å². The van der Waals surface area contributed by atoms with Gasteiger partial charge in [-0.1, -0.05) is 106 Å². The van der Waals surface area contributed by atoms with Gasteiger partial charge in [0.2, 0.25) is 0 Å². The lowest BCUT2D eigenvalue weighted by molar-refractivity contribution is -0.858. The van der Waals surface area contributed by atoms with E-state index in [2.05, 4.69) is 32.3 Å². The van der Waals surface area contributed by atoms with Crippen LogP contribution in [-0.4, -0.2) is 208 Å². The molecular formula is C65H129NO20. The van der Waals surface area contributed by atoms with Crippen LogP contribution in [0.15, 0.2) is 12.2 Å². The van der Waals surface area contributed by atoms with E-state index in [1.807, 2.05) is 55.4 Å². The third-order valence-electron chi connectivity index (χ3n) is 13.6. The summed E-state index contributed by atoms with van der Waals surface area (Å²) in [6.45, 7) is 39.0. The van der Waals surface area contributed by atoms with Crippen LogP contribution in [0.4, 0.5) is 0 Å². The Hall–Kier alpha value is -3.35. The lowest BCUT2D eigenvalue weighted by Gasteiger charge is -2.22. The number of unbranched alkanes of at least 4 members (excludes halogenated alkanes) is 9. The number of esters is 4. The van der Waals surface area contributed by atoms with Crippen LogP contribution >= 0.6 is 0 Å². The molecule has 0 fully saturated rings. The molecule has 21 nitrogen and oxygen atoms in total. The van der Waals surface area contributed by atoms with Gasteiger partial charge in [-0.2, -0.15) is 0 Å². The lowest BCUT2D eigenvalue weighted by Crippen LogP contribution is -3.05. The van der Waals surface area contributed by atoms with Crippen molar-refractivity contribution < 1.29 is 101 Å². The second-order valence-electron chi connectivity index (χ2n) is 23.5. The number of quaternary nitrogens is 1. The molecule has 0 radical (unpaired) electrons. The van der Waals surface area contributed by atoms with E-state index in [-0.39, 0.29) is 48.7 Å². The SMILES string of the molecule is C=C(C)C(=O)OCC(O)COC(=O)C(C)(C)CC.CCC(C)(C)C(=O)OC.CCC(C)(C)C(=O)OCCOCCOCCOCCOCCOCCOCCOCCOCCOC.CCC(C)(C)C(=O)[O-].CCCCCCCCCCCC[NH+](C)C. The smallest absolute Gasteiger partial charge is 0.333 e. The molecule has 514 valence electrons. The van der Waals surface area contributed by atoms with Crippen LogP contribution in [0.1, 0.15) is 187 Å². The fourth-order valence-electron chi connectivity index (χ4n) is 5.70. The summed E-state index contributed by atoms with van der Waals surface area (Å²) in [5, 5.41) is 19.6. The van der Waals surface area contributed by atoms with Crippen molar-refractivity contribution in [3.8, 4) is 0 Å². The Bertz CT molecular complexity index is 1590. The number of carboxylic acid groups (broad SMARTS) is 1. The predicted molar refractivity (Wildman–Crippen MR) is 335 cm³/mol. The fourth-order valence-corrected chi connectivity index (χ4v) is 5.70. The largest absolute Gasteiger partial charge is 0.550 e. The maximum atomic E-state index is 11.8. The zero-order valence-electron chi connectivity index (χ0n) is 57.7. The zero-order chi connectivity index (χ0) is 66.6. The highest BCUT2D eigenvalue weighted by Gasteiger charge is 2.29. The van der Waals surface area contributed by atoms with Crippen molar-refractivity contribution in [1.29, 1.82) is 0 Å². The summed E-state index contributed by atoms with van der Waals surface area (Å²) in [5.41, 5.74) is -1.73. The van der Waals surface area contributed by atoms with Gasteiger partial charge in [0.15, 0.2) is 0 Å². The highest BCUT2D eigenvalue weighted by atomic mass is 16.6. The fraction of sp³-hybridized carbons (Fsp3) is 0.892. The van der Waals surface area contributed by atoms with Crippen LogP contribution < -0.4 is 10.0 Å². The van der Waals surface area contributed by atoms with E-state index < -0.39 is 34.3 Å². The number of hydrogen-bond acceptors (Lipinski definition) is 20. The van der Waals surface area contributed by atoms with Crippen LogP contribution in [-0.2, 0) is 85.6 Å². The molecule has 0 amide bonds. The number of aliphatic carboxylic acids is 1. The van der Waals surface area contributed by atoms with Gasteiger partial charge in [-0.25, -0.2) is 4.79 Å². The summed E-state index contributed by atoms with van der Waals surface area (Å²) in [4.78, 5) is 57.0. The van der Waals surface area contributed by atoms with Crippen molar-refractivity contribution in [2.75, 3.05) is 167 Å². The minimum Gasteiger partial charge on any atom is -0.550 e. The minimum absolute atomic E-state index is 0.134. The average molecular weight is 1240 g/mol. The third kappa shape index (κ3) is 63.7. The molecule has 0 aliphatic heterocycles. The summed E-state index contributed by atoms with van der Waals surface area (Å²) >= 11 is 0. The van der Waals surface area contributed by atoms with E-state index in [9.17, 15) is 34.2 Å². The minimum atomic E-state index is -1.02. The van der Waals surface area contributed by atoms with Crippen LogP contribution in [0.2, 0.25) is 0 Å². The number of aliphatic hydroxyl groups is 1. The van der Waals surface area contributed by atoms with Gasteiger partial charge in [0.05, 0.1) is 156 Å². The molecule has 86 heavy (non-hydrogen) atoms. The first-order chi connectivity index (χ1) is 40.6. The van der Waals surface area contributed by atoms with Gasteiger partial charge in [0, 0.05) is 24.1 Å². The number of rotatable bonds is 51. The third-order valence-corrected chi connectivity index (χ3v) is 13.6. The van der Waals surface area contributed by atoms with Gasteiger partial charge in [-0.05, 0) is 87.0 Å². The van der Waals surface area contributed by atoms with Crippen molar-refractivity contribution in [3.63, 3.8) is 0 Å². The van der Waals surface area contributed by atoms with Crippen LogP contribution in [0.3, 0.4) is 0 Å². The summed E-state index contributed by atoms with van der Waals surface area (Å²) in [6.07, 6.45) is 16.3. The first-order valence-electron chi connectivity index (χ1n) is 31.6. The lowest BCUT2D eigenvalue weighted by atomic mass is 9.91. The maximum Gasteiger partial charge on any atom is 0.333 e. The van der Waals surface area contributed by atoms with Crippen LogP contribution in [0.5, 0.6) is 0 Å². The first kappa shape index (κ1) is 91.4. The summed E-state index contributed by atoms with van der Waals surface area (Å²) in [6, 6.07) is 0. The molecule has 0 heterocycles. The molecule has 1 atom stereocenters. The van der Waals surface area contributed by atoms with E-state index in [1.165, 1.54) is 84.8 Å². The molecule has 0 aromatic carbocycles. The average Bonchev–Trinajstić information content (AvgIpc) is 3.65. The Morgan fingerprint density at radius 1 is 0.430 bits per heavy atom. The van der Waals surface area contributed by atoms with E-state index in [4.69, 9.17) is 56.8 Å². The second kappa shape index (κ2) is 61.9. The van der Waals surface area contributed by atoms with E-state index in [0.29, 0.717) is 125 Å². The molecule has 2 N–H and O–H groups in total. The van der Waals surface area contributed by atoms with Gasteiger partial charge in [-0.3, -0.25) is 14.4 Å². The molecular weight excluding hydrogens is 1110 g/mol. The molecule has 0 saturated carbocycles. The van der Waals surface area contributed by atoms with Crippen molar-refractivity contribution in [1.82, 2.24) is 0 Å². The standard InChI is InChI=1S/C25H50O11.C14H31N.C13H22O5.C7H14O2.C6H12O2/c1-5-25(2,3)24(26)36-23-22-35-21-20-34-19-18-33-17-16-32-15-14-31-13-12-30-11-10-29-9-8-28-7-6-27-4;1-4-5-6-7-8-9-10-11-12-13-14-15(2)3;1-6-13(4,5)12(16)18-8-10(14)7-17-11(15)9(2)3;1-5-7(2,3)6(8)9-4;1-4-6(2,3)5(7)8/h5-23H2,1-4H3;4-14H2,1-3H3;10,14H,2,6-8H2,1,3-5H3;5H2,1-4H3;4H2,1-3H3,(H,7,8). The molecule has 0 bridgehead atoms. The molecule has 0 aliphatic rings. The molecule has 0 saturated heterocycles. The first-order valence-corrected chi connectivity index (χ1v) is 31.6. The number of nitrogens with one attached hydrogen (secondary N) is 1. The number of carbonyl (C=O) groups excluding carboxylic acids is 5. The number of methoxy groups -OCH3 is 2. The molecule has 1 unspecified atom stereocenters. The van der Waals surface area contributed by atoms with Gasteiger partial charge < -0.3 is 81.5 Å². The predicted octanol–water partition coefficient (Wildman–Crippen LogP) is 8.01. The van der Waals surface area contributed by atoms with E-state index in [1.54, 1.807) is 39.7 Å². The number of aliphatic hydroxyl groups excluding tert-OH is 1. The van der Waals surface area contributed by atoms with Crippen molar-refractivity contribution in [2.24, 2.45) is 21.7 Å². The monoisotopic (exact) mass is 1240 g/mol. The summed E-state index contributed by atoms with van der Waals surface area (Å²) < 4.78 is 67.5. The van der Waals surface area contributed by atoms with Crippen molar-refractivity contribution in [3.05, 3.63) is 12.2 Å². The molecule has 0 spiro atoms. The Balaban J connectivity index is -0.000000362. The van der Waals surface area contributed by atoms with Gasteiger partial charge in [0.25, 0.3) is 0 Å². The van der Waals surface area contributed by atoms with Crippen LogP contribution in [0.25, 0.3) is 0 Å². The zero-order valence-corrected chi connectivity index (χ0v) is 57.7. The number of ether oxygens (including phenoxy) is 13. The Kier molecular flexibility index (Phi) is 65.7. The highest BCUT2D eigenvalue weighted by Crippen LogP contribution is 2.23. The van der Waals surface area contributed by atoms with E-state index >= 15 is 0 Å². The molecule has 0 aromatic heterocycles. The Morgan fingerprint density at radius 2 is 0.721 bits per heavy atom. The molecule has 0 rings (SSSR count). The molecule has 21 heteroatoms. The van der Waals surface area contributed by atoms with Crippen molar-refractivity contribution in [2.45, 2.75) is 193 Å². The summed E-state index contributed by atoms with van der Waals surface area (Å²) in [7, 11) is 7.55. The maximum absolute atomic E-state index is 11.8. The Morgan fingerprint density at radius 3 is 0.988 bits per heavy atom. The Labute approximate surface area is 522 Å². The van der Waals surface area contributed by atoms with Crippen molar-refractivity contribution >= 4 is 29.8 Å². The quantitative estimate of drug-likeness (QED) is 0.0253.